The van der Waals surface area contributed by atoms with Crippen LogP contribution in [0, 0.1) is 6.92 Å². The second-order valence-electron chi connectivity index (χ2n) is 5.16. The van der Waals surface area contributed by atoms with Gasteiger partial charge in [0.2, 0.25) is 5.91 Å². The molecule has 0 aromatic heterocycles. The first-order chi connectivity index (χ1) is 11.1. The van der Waals surface area contributed by atoms with E-state index in [0.717, 1.165) is 11.4 Å². The fraction of sp³-hybridized carbons (Fsp3) is 0.222. The van der Waals surface area contributed by atoms with Crippen molar-refractivity contribution in [3.63, 3.8) is 0 Å². The molecule has 0 atom stereocenters. The molecule has 1 amide bonds. The van der Waals surface area contributed by atoms with Gasteiger partial charge in [0.25, 0.3) is 0 Å². The van der Waals surface area contributed by atoms with Crippen LogP contribution in [0.5, 0.6) is 0 Å². The number of benzene rings is 2. The summed E-state index contributed by atoms with van der Waals surface area (Å²) in [7, 11) is 1.31. The molecule has 0 spiro atoms. The summed E-state index contributed by atoms with van der Waals surface area (Å²) in [4.78, 5) is 23.0. The average molecular weight is 312 g/mol. The highest BCUT2D eigenvalue weighted by atomic mass is 16.5. The molecule has 0 radical (unpaired) electrons. The molecular weight excluding hydrogens is 292 g/mol. The van der Waals surface area contributed by atoms with Crippen LogP contribution in [0.15, 0.2) is 48.5 Å². The Kier molecular flexibility index (Phi) is 5.74. The first kappa shape index (κ1) is 16.5. The Balaban J connectivity index is 2.03. The first-order valence-corrected chi connectivity index (χ1v) is 7.38. The maximum Gasteiger partial charge on any atom is 0.306 e. The Bertz CT molecular complexity index is 681. The zero-order valence-electron chi connectivity index (χ0n) is 13.3. The molecule has 0 fully saturated rings. The Hall–Kier alpha value is -2.82. The number of hydrogen-bond acceptors (Lipinski definition) is 4. The van der Waals surface area contributed by atoms with E-state index in [-0.39, 0.29) is 18.7 Å². The predicted molar refractivity (Wildman–Crippen MR) is 90.8 cm³/mol. The quantitative estimate of drug-likeness (QED) is 0.799. The number of amides is 1. The molecule has 120 valence electrons. The lowest BCUT2D eigenvalue weighted by atomic mass is 10.2. The van der Waals surface area contributed by atoms with Crippen LogP contribution in [0.1, 0.15) is 18.4 Å². The number of para-hydroxylation sites is 2. The van der Waals surface area contributed by atoms with Crippen LogP contribution in [-0.4, -0.2) is 19.0 Å². The maximum atomic E-state index is 11.9. The zero-order chi connectivity index (χ0) is 16.7. The number of carbonyl (C=O) groups is 2. The molecular formula is C18H20N2O3. The third-order valence-corrected chi connectivity index (χ3v) is 3.32. The van der Waals surface area contributed by atoms with Crippen molar-refractivity contribution < 1.29 is 14.3 Å². The second-order valence-corrected chi connectivity index (χ2v) is 5.16. The molecule has 0 aliphatic carbocycles. The van der Waals surface area contributed by atoms with Crippen molar-refractivity contribution in [3.05, 3.63) is 54.1 Å². The van der Waals surface area contributed by atoms with Crippen molar-refractivity contribution in [3.8, 4) is 0 Å². The maximum absolute atomic E-state index is 11.9. The lowest BCUT2D eigenvalue weighted by molar-refractivity contribution is -0.141. The van der Waals surface area contributed by atoms with Crippen LogP contribution in [0.3, 0.4) is 0 Å². The van der Waals surface area contributed by atoms with Gasteiger partial charge in [-0.05, 0) is 31.2 Å². The normalized spacial score (nSPS) is 10.0. The summed E-state index contributed by atoms with van der Waals surface area (Å²) >= 11 is 0. The summed E-state index contributed by atoms with van der Waals surface area (Å²) < 4.78 is 4.53. The van der Waals surface area contributed by atoms with Crippen LogP contribution >= 0.6 is 0 Å². The fourth-order valence-corrected chi connectivity index (χ4v) is 2.02. The SMILES string of the molecule is COC(=O)CCC(=O)Nc1ccccc1Nc1ccc(C)cc1. The molecule has 23 heavy (non-hydrogen) atoms. The van der Waals surface area contributed by atoms with E-state index in [9.17, 15) is 9.59 Å². The molecule has 0 aliphatic heterocycles. The van der Waals surface area contributed by atoms with Crippen molar-refractivity contribution in [2.45, 2.75) is 19.8 Å². The summed E-state index contributed by atoms with van der Waals surface area (Å²) in [6, 6.07) is 15.4. The van der Waals surface area contributed by atoms with Gasteiger partial charge >= 0.3 is 5.97 Å². The van der Waals surface area contributed by atoms with Gasteiger partial charge in [0, 0.05) is 12.1 Å². The van der Waals surface area contributed by atoms with E-state index in [2.05, 4.69) is 15.4 Å². The first-order valence-electron chi connectivity index (χ1n) is 7.38. The van der Waals surface area contributed by atoms with Crippen LogP contribution in [-0.2, 0) is 14.3 Å². The molecule has 0 saturated heterocycles. The van der Waals surface area contributed by atoms with Gasteiger partial charge in [-0.2, -0.15) is 0 Å². The van der Waals surface area contributed by atoms with Gasteiger partial charge in [0.15, 0.2) is 0 Å². The van der Waals surface area contributed by atoms with Gasteiger partial charge in [-0.15, -0.1) is 0 Å². The number of ether oxygens (including phenoxy) is 1. The molecule has 0 aliphatic rings. The Morgan fingerprint density at radius 2 is 1.61 bits per heavy atom. The van der Waals surface area contributed by atoms with E-state index in [4.69, 9.17) is 0 Å². The Labute approximate surface area is 135 Å². The lowest BCUT2D eigenvalue weighted by Crippen LogP contribution is -2.14. The number of aryl methyl sites for hydroxylation is 1. The third kappa shape index (κ3) is 5.14. The molecule has 0 saturated carbocycles. The van der Waals surface area contributed by atoms with Crippen molar-refractivity contribution in [2.24, 2.45) is 0 Å². The summed E-state index contributed by atoms with van der Waals surface area (Å²) in [5, 5.41) is 6.09. The minimum Gasteiger partial charge on any atom is -0.469 e. The van der Waals surface area contributed by atoms with Crippen LogP contribution in [0.2, 0.25) is 0 Å². The van der Waals surface area contributed by atoms with Gasteiger partial charge in [-0.1, -0.05) is 29.8 Å². The van der Waals surface area contributed by atoms with Gasteiger partial charge in [0.1, 0.15) is 0 Å². The summed E-state index contributed by atoms with van der Waals surface area (Å²) in [5.74, 6) is -0.625. The number of hydrogen-bond donors (Lipinski definition) is 2. The Morgan fingerprint density at radius 1 is 0.957 bits per heavy atom. The molecule has 5 nitrogen and oxygen atoms in total. The largest absolute Gasteiger partial charge is 0.469 e. The minimum absolute atomic E-state index is 0.0654. The van der Waals surface area contributed by atoms with Crippen molar-refractivity contribution in [1.82, 2.24) is 0 Å². The predicted octanol–water partition coefficient (Wildman–Crippen LogP) is 3.63. The van der Waals surface area contributed by atoms with Crippen molar-refractivity contribution in [2.75, 3.05) is 17.7 Å². The van der Waals surface area contributed by atoms with Crippen LogP contribution < -0.4 is 10.6 Å². The van der Waals surface area contributed by atoms with E-state index < -0.39 is 5.97 Å². The highest BCUT2D eigenvalue weighted by molar-refractivity contribution is 5.96. The zero-order valence-corrected chi connectivity index (χ0v) is 13.3. The fourth-order valence-electron chi connectivity index (χ4n) is 2.02. The number of carbonyl (C=O) groups excluding carboxylic acids is 2. The lowest BCUT2D eigenvalue weighted by Gasteiger charge is -2.13. The number of methoxy groups -OCH3 is 1. The molecule has 0 unspecified atom stereocenters. The highest BCUT2D eigenvalue weighted by Gasteiger charge is 2.09. The number of esters is 1. The van der Waals surface area contributed by atoms with E-state index in [0.29, 0.717) is 5.69 Å². The summed E-state index contributed by atoms with van der Waals surface area (Å²) in [6.45, 7) is 2.03. The van der Waals surface area contributed by atoms with E-state index >= 15 is 0 Å². The monoisotopic (exact) mass is 312 g/mol. The molecule has 2 N–H and O–H groups in total. The third-order valence-electron chi connectivity index (χ3n) is 3.32. The molecule has 0 bridgehead atoms. The number of anilines is 3. The van der Waals surface area contributed by atoms with Gasteiger partial charge in [-0.25, -0.2) is 0 Å². The topological polar surface area (TPSA) is 67.4 Å². The summed E-state index contributed by atoms with van der Waals surface area (Å²) in [5.41, 5.74) is 3.58. The van der Waals surface area contributed by atoms with Gasteiger partial charge in [0.05, 0.1) is 24.9 Å². The molecule has 2 aromatic carbocycles. The average Bonchev–Trinajstić information content (AvgIpc) is 2.56. The van der Waals surface area contributed by atoms with E-state index in [1.54, 1.807) is 0 Å². The second kappa shape index (κ2) is 7.98. The smallest absolute Gasteiger partial charge is 0.306 e. The van der Waals surface area contributed by atoms with E-state index in [1.807, 2.05) is 55.5 Å². The van der Waals surface area contributed by atoms with Crippen molar-refractivity contribution >= 4 is 28.9 Å². The molecule has 2 rings (SSSR count). The van der Waals surface area contributed by atoms with E-state index in [1.165, 1.54) is 12.7 Å². The number of rotatable bonds is 6. The molecule has 0 heterocycles. The standard InChI is InChI=1S/C18H20N2O3/c1-13-7-9-14(10-8-13)19-15-5-3-4-6-16(15)20-17(21)11-12-18(22)23-2/h3-10,19H,11-12H2,1-2H3,(H,20,21). The molecule has 5 heteroatoms. The minimum atomic E-state index is -0.397. The van der Waals surface area contributed by atoms with Crippen LogP contribution in [0.4, 0.5) is 17.1 Å². The molecule has 2 aromatic rings. The van der Waals surface area contributed by atoms with Crippen molar-refractivity contribution in [1.29, 1.82) is 0 Å². The Morgan fingerprint density at radius 3 is 2.26 bits per heavy atom. The van der Waals surface area contributed by atoms with Gasteiger partial charge in [-0.3, -0.25) is 9.59 Å². The number of nitrogens with one attached hydrogen (secondary N) is 2. The highest BCUT2D eigenvalue weighted by Crippen LogP contribution is 2.25. The van der Waals surface area contributed by atoms with Gasteiger partial charge < -0.3 is 15.4 Å². The summed E-state index contributed by atoms with van der Waals surface area (Å²) in [6.07, 6.45) is 0.154. The van der Waals surface area contributed by atoms with Crippen LogP contribution in [0.25, 0.3) is 0 Å².